The number of anilines is 2. The smallest absolute Gasteiger partial charge is 0.193 e. The zero-order chi connectivity index (χ0) is 20.8. The molecular formula is C26H31NO. The summed E-state index contributed by atoms with van der Waals surface area (Å²) < 4.78 is 0. The lowest BCUT2D eigenvalue weighted by atomic mass is 9.93. The number of carbonyl (C=O) groups is 1. The van der Waals surface area contributed by atoms with Crippen molar-refractivity contribution in [1.29, 1.82) is 0 Å². The van der Waals surface area contributed by atoms with Gasteiger partial charge in [0.05, 0.1) is 0 Å². The lowest BCUT2D eigenvalue weighted by Gasteiger charge is -2.13. The molecule has 0 spiro atoms. The molecule has 0 heterocycles. The Hall–Kier alpha value is -2.87. The first kappa shape index (κ1) is 21.4. The minimum absolute atomic E-state index is 0.0885. The Labute approximate surface area is 169 Å². The molecule has 0 bridgehead atoms. The number of para-hydroxylation sites is 1. The molecule has 0 saturated heterocycles. The van der Waals surface area contributed by atoms with E-state index in [4.69, 9.17) is 0 Å². The van der Waals surface area contributed by atoms with Crippen LogP contribution in [-0.4, -0.2) is 5.78 Å². The van der Waals surface area contributed by atoms with Gasteiger partial charge in [-0.1, -0.05) is 38.1 Å². The zero-order valence-electron chi connectivity index (χ0n) is 18.1. The van der Waals surface area contributed by atoms with E-state index in [1.165, 1.54) is 11.1 Å². The van der Waals surface area contributed by atoms with Gasteiger partial charge in [0.2, 0.25) is 0 Å². The van der Waals surface area contributed by atoms with Crippen molar-refractivity contribution < 1.29 is 4.79 Å². The first-order chi connectivity index (χ1) is 13.4. The quantitative estimate of drug-likeness (QED) is 0.489. The second-order valence-electron chi connectivity index (χ2n) is 7.05. The standard InChI is InChI=1S/C24H25NO.C2H6/c1-15-8-6-7-9-23(15)25-20-10-11-21(19(5)13-20)24(26)22-14-17(3)16(2)12-18(22)4;1-2/h6-14,25H,1-5H3;1-2H3. The van der Waals surface area contributed by atoms with E-state index in [-0.39, 0.29) is 5.78 Å². The minimum atomic E-state index is 0.0885. The van der Waals surface area contributed by atoms with Gasteiger partial charge < -0.3 is 5.32 Å². The van der Waals surface area contributed by atoms with Crippen LogP contribution in [0.2, 0.25) is 0 Å². The van der Waals surface area contributed by atoms with Crippen molar-refractivity contribution in [3.05, 3.63) is 93.5 Å². The topological polar surface area (TPSA) is 29.1 Å². The zero-order valence-corrected chi connectivity index (χ0v) is 18.1. The SMILES string of the molecule is CC.Cc1cc(C)c(C(=O)c2ccc(Nc3ccccc3C)cc2C)cc1C. The highest BCUT2D eigenvalue weighted by molar-refractivity contribution is 6.11. The number of nitrogens with one attached hydrogen (secondary N) is 1. The maximum Gasteiger partial charge on any atom is 0.193 e. The Bertz CT molecular complexity index is 986. The molecule has 0 amide bonds. The molecule has 2 heteroatoms. The normalized spacial score (nSPS) is 10.1. The average Bonchev–Trinajstić information content (AvgIpc) is 2.68. The van der Waals surface area contributed by atoms with Gasteiger partial charge in [0.15, 0.2) is 5.78 Å². The van der Waals surface area contributed by atoms with Crippen molar-refractivity contribution in [2.24, 2.45) is 0 Å². The van der Waals surface area contributed by atoms with Gasteiger partial charge in [0.1, 0.15) is 0 Å². The highest BCUT2D eigenvalue weighted by Crippen LogP contribution is 2.25. The van der Waals surface area contributed by atoms with Crippen LogP contribution in [0.3, 0.4) is 0 Å². The van der Waals surface area contributed by atoms with Crippen LogP contribution in [0.5, 0.6) is 0 Å². The van der Waals surface area contributed by atoms with Crippen LogP contribution in [0.25, 0.3) is 0 Å². The van der Waals surface area contributed by atoms with E-state index in [9.17, 15) is 4.79 Å². The van der Waals surface area contributed by atoms with Gasteiger partial charge in [-0.2, -0.15) is 0 Å². The lowest BCUT2D eigenvalue weighted by molar-refractivity contribution is 0.103. The summed E-state index contributed by atoms with van der Waals surface area (Å²) in [4.78, 5) is 13.1. The first-order valence-electron chi connectivity index (χ1n) is 9.92. The Morgan fingerprint density at radius 3 is 1.89 bits per heavy atom. The van der Waals surface area contributed by atoms with Gasteiger partial charge in [0, 0.05) is 22.5 Å². The second kappa shape index (κ2) is 9.36. The second-order valence-corrected chi connectivity index (χ2v) is 7.05. The van der Waals surface area contributed by atoms with Crippen molar-refractivity contribution in [2.45, 2.75) is 48.5 Å². The van der Waals surface area contributed by atoms with Crippen LogP contribution in [0.15, 0.2) is 54.6 Å². The van der Waals surface area contributed by atoms with Crippen LogP contribution in [-0.2, 0) is 0 Å². The number of carbonyl (C=O) groups excluding carboxylic acids is 1. The number of aryl methyl sites for hydroxylation is 5. The van der Waals surface area contributed by atoms with Crippen molar-refractivity contribution in [3.63, 3.8) is 0 Å². The summed E-state index contributed by atoms with van der Waals surface area (Å²) in [5, 5.41) is 3.44. The minimum Gasteiger partial charge on any atom is -0.355 e. The summed E-state index contributed by atoms with van der Waals surface area (Å²) in [7, 11) is 0. The summed E-state index contributed by atoms with van der Waals surface area (Å²) in [5.41, 5.74) is 9.17. The molecule has 0 aliphatic rings. The van der Waals surface area contributed by atoms with Crippen LogP contribution >= 0.6 is 0 Å². The summed E-state index contributed by atoms with van der Waals surface area (Å²) in [6.07, 6.45) is 0. The Balaban J connectivity index is 0.00000136. The molecular weight excluding hydrogens is 342 g/mol. The first-order valence-corrected chi connectivity index (χ1v) is 9.92. The van der Waals surface area contributed by atoms with E-state index in [1.54, 1.807) is 0 Å². The summed E-state index contributed by atoms with van der Waals surface area (Å²) >= 11 is 0. The van der Waals surface area contributed by atoms with E-state index in [1.807, 2.05) is 71.0 Å². The molecule has 2 nitrogen and oxygen atoms in total. The van der Waals surface area contributed by atoms with Crippen molar-refractivity contribution in [3.8, 4) is 0 Å². The molecule has 3 aromatic carbocycles. The third-order valence-corrected chi connectivity index (χ3v) is 4.98. The number of hydrogen-bond acceptors (Lipinski definition) is 2. The Kier molecular flexibility index (Phi) is 7.17. The summed E-state index contributed by atoms with van der Waals surface area (Å²) in [6, 6.07) is 18.2. The highest BCUT2D eigenvalue weighted by Gasteiger charge is 2.15. The Morgan fingerprint density at radius 2 is 1.25 bits per heavy atom. The van der Waals surface area contributed by atoms with Crippen molar-refractivity contribution in [1.82, 2.24) is 0 Å². The van der Waals surface area contributed by atoms with Gasteiger partial charge in [-0.15, -0.1) is 0 Å². The van der Waals surface area contributed by atoms with E-state index >= 15 is 0 Å². The summed E-state index contributed by atoms with van der Waals surface area (Å²) in [6.45, 7) is 14.2. The van der Waals surface area contributed by atoms with E-state index < -0.39 is 0 Å². The molecule has 0 atom stereocenters. The monoisotopic (exact) mass is 373 g/mol. The van der Waals surface area contributed by atoms with Gasteiger partial charge >= 0.3 is 0 Å². The molecule has 0 aliphatic carbocycles. The number of ketones is 1. The molecule has 28 heavy (non-hydrogen) atoms. The molecule has 146 valence electrons. The number of rotatable bonds is 4. The van der Waals surface area contributed by atoms with Gasteiger partial charge in [0.25, 0.3) is 0 Å². The average molecular weight is 374 g/mol. The number of hydrogen-bond donors (Lipinski definition) is 1. The summed E-state index contributed by atoms with van der Waals surface area (Å²) in [5.74, 6) is 0.0885. The molecule has 3 aromatic rings. The predicted molar refractivity (Wildman–Crippen MR) is 121 cm³/mol. The van der Waals surface area contributed by atoms with Gasteiger partial charge in [-0.25, -0.2) is 0 Å². The molecule has 3 rings (SSSR count). The maximum atomic E-state index is 13.1. The van der Waals surface area contributed by atoms with Gasteiger partial charge in [-0.3, -0.25) is 4.79 Å². The van der Waals surface area contributed by atoms with Crippen LogP contribution in [0.1, 0.15) is 57.6 Å². The fourth-order valence-corrected chi connectivity index (χ4v) is 3.22. The van der Waals surface area contributed by atoms with E-state index in [0.717, 1.165) is 39.2 Å². The fourth-order valence-electron chi connectivity index (χ4n) is 3.22. The maximum absolute atomic E-state index is 13.1. The molecule has 0 aromatic heterocycles. The molecule has 0 unspecified atom stereocenters. The van der Waals surface area contributed by atoms with Crippen LogP contribution in [0.4, 0.5) is 11.4 Å². The molecule has 0 fully saturated rings. The number of benzene rings is 3. The molecule has 1 N–H and O–H groups in total. The highest BCUT2D eigenvalue weighted by atomic mass is 16.1. The third-order valence-electron chi connectivity index (χ3n) is 4.98. The van der Waals surface area contributed by atoms with E-state index in [0.29, 0.717) is 0 Å². The lowest BCUT2D eigenvalue weighted by Crippen LogP contribution is -2.07. The Morgan fingerprint density at radius 1 is 0.643 bits per heavy atom. The van der Waals surface area contributed by atoms with Crippen LogP contribution < -0.4 is 5.32 Å². The van der Waals surface area contributed by atoms with Crippen molar-refractivity contribution in [2.75, 3.05) is 5.32 Å². The predicted octanol–water partition coefficient (Wildman–Crippen LogP) is 7.23. The van der Waals surface area contributed by atoms with E-state index in [2.05, 4.69) is 37.4 Å². The van der Waals surface area contributed by atoms with Crippen molar-refractivity contribution >= 4 is 17.2 Å². The van der Waals surface area contributed by atoms with Gasteiger partial charge in [-0.05, 0) is 92.8 Å². The molecule has 0 saturated carbocycles. The third kappa shape index (κ3) is 4.69. The van der Waals surface area contributed by atoms with Crippen LogP contribution in [0, 0.1) is 34.6 Å². The largest absolute Gasteiger partial charge is 0.355 e. The fraction of sp³-hybridized carbons (Fsp3) is 0.269. The molecule has 0 radical (unpaired) electrons. The molecule has 0 aliphatic heterocycles.